The van der Waals surface area contributed by atoms with E-state index < -0.39 is 0 Å². The van der Waals surface area contributed by atoms with Gasteiger partial charge in [0.25, 0.3) is 0 Å². The highest BCUT2D eigenvalue weighted by Crippen LogP contribution is 2.24. The van der Waals surface area contributed by atoms with E-state index in [9.17, 15) is 4.79 Å². The van der Waals surface area contributed by atoms with Gasteiger partial charge in [0.1, 0.15) is 5.75 Å². The maximum Gasteiger partial charge on any atom is 0.208 e. The van der Waals surface area contributed by atoms with Gasteiger partial charge in [-0.15, -0.1) is 11.3 Å². The number of para-hydroxylation sites is 1. The molecule has 4 heteroatoms. The molecule has 0 radical (unpaired) electrons. The fourth-order valence-electron chi connectivity index (χ4n) is 1.53. The summed E-state index contributed by atoms with van der Waals surface area (Å²) in [7, 11) is 0. The molecular formula is C13H13NO2S. The van der Waals surface area contributed by atoms with Crippen molar-refractivity contribution in [1.29, 1.82) is 0 Å². The zero-order valence-electron chi connectivity index (χ0n) is 9.77. The van der Waals surface area contributed by atoms with Crippen molar-refractivity contribution >= 4 is 17.1 Å². The molecular weight excluding hydrogens is 234 g/mol. The van der Waals surface area contributed by atoms with Gasteiger partial charge in [-0.3, -0.25) is 4.79 Å². The minimum Gasteiger partial charge on any atom is -0.493 e. The molecule has 1 heterocycles. The number of benzene rings is 1. The first-order chi connectivity index (χ1) is 8.22. The normalized spacial score (nSPS) is 10.2. The van der Waals surface area contributed by atoms with E-state index in [0.29, 0.717) is 22.8 Å². The highest BCUT2D eigenvalue weighted by atomic mass is 32.1. The molecule has 0 saturated heterocycles. The lowest BCUT2D eigenvalue weighted by Crippen LogP contribution is -2.03. The fourth-order valence-corrected chi connectivity index (χ4v) is 2.27. The largest absolute Gasteiger partial charge is 0.493 e. The monoisotopic (exact) mass is 247 g/mol. The summed E-state index contributed by atoms with van der Waals surface area (Å²) in [6, 6.07) is 7.29. The third kappa shape index (κ3) is 2.53. The molecule has 1 aromatic carbocycles. The minimum absolute atomic E-state index is 0.0281. The van der Waals surface area contributed by atoms with Crippen LogP contribution in [-0.2, 0) is 0 Å². The van der Waals surface area contributed by atoms with Crippen molar-refractivity contribution < 1.29 is 9.53 Å². The van der Waals surface area contributed by atoms with Crippen LogP contribution in [0.25, 0.3) is 0 Å². The predicted molar refractivity (Wildman–Crippen MR) is 67.9 cm³/mol. The molecule has 2 aromatic rings. The summed E-state index contributed by atoms with van der Waals surface area (Å²) in [5.41, 5.74) is 0.595. The lowest BCUT2D eigenvalue weighted by molar-refractivity contribution is 0.103. The summed E-state index contributed by atoms with van der Waals surface area (Å²) in [5.74, 6) is 0.603. The van der Waals surface area contributed by atoms with Crippen LogP contribution in [0.15, 0.2) is 30.5 Å². The minimum atomic E-state index is -0.0281. The van der Waals surface area contributed by atoms with E-state index >= 15 is 0 Å². The summed E-state index contributed by atoms with van der Waals surface area (Å²) in [6.45, 7) is 4.33. The highest BCUT2D eigenvalue weighted by Gasteiger charge is 2.16. The first-order valence-electron chi connectivity index (χ1n) is 5.41. The Morgan fingerprint density at radius 1 is 1.41 bits per heavy atom. The van der Waals surface area contributed by atoms with Crippen LogP contribution >= 0.6 is 11.3 Å². The number of hydrogen-bond donors (Lipinski definition) is 0. The van der Waals surface area contributed by atoms with Crippen molar-refractivity contribution in [1.82, 2.24) is 4.98 Å². The number of nitrogens with zero attached hydrogens (tertiary/aromatic N) is 1. The first-order valence-corrected chi connectivity index (χ1v) is 6.23. The van der Waals surface area contributed by atoms with Gasteiger partial charge in [0.2, 0.25) is 5.78 Å². The van der Waals surface area contributed by atoms with Crippen LogP contribution in [0.1, 0.15) is 27.2 Å². The van der Waals surface area contributed by atoms with Gasteiger partial charge in [0.15, 0.2) is 0 Å². The molecule has 0 aliphatic heterocycles. The van der Waals surface area contributed by atoms with Crippen molar-refractivity contribution in [2.24, 2.45) is 0 Å². The summed E-state index contributed by atoms with van der Waals surface area (Å²) >= 11 is 1.40. The van der Waals surface area contributed by atoms with Crippen LogP contribution in [0.3, 0.4) is 0 Å². The zero-order valence-corrected chi connectivity index (χ0v) is 10.6. The molecule has 2 rings (SSSR count). The Balaban J connectivity index is 2.36. The standard InChI is InChI=1S/C13H13NO2S/c1-3-16-11-7-5-4-6-10(11)13(15)12-8-14-9(2)17-12/h4-8H,3H2,1-2H3. The van der Waals surface area contributed by atoms with Crippen LogP contribution in [-0.4, -0.2) is 17.4 Å². The molecule has 0 atom stereocenters. The molecule has 0 unspecified atom stereocenters. The van der Waals surface area contributed by atoms with E-state index in [1.54, 1.807) is 12.3 Å². The average molecular weight is 247 g/mol. The number of ether oxygens (including phenoxy) is 1. The van der Waals surface area contributed by atoms with E-state index in [1.807, 2.05) is 32.0 Å². The Morgan fingerprint density at radius 2 is 2.18 bits per heavy atom. The molecule has 1 aromatic heterocycles. The molecule has 3 nitrogen and oxygen atoms in total. The van der Waals surface area contributed by atoms with E-state index in [2.05, 4.69) is 4.98 Å². The Bertz CT molecular complexity index is 534. The van der Waals surface area contributed by atoms with E-state index in [0.717, 1.165) is 5.01 Å². The SMILES string of the molecule is CCOc1ccccc1C(=O)c1cnc(C)s1. The van der Waals surface area contributed by atoms with Gasteiger partial charge >= 0.3 is 0 Å². The maximum atomic E-state index is 12.2. The quantitative estimate of drug-likeness (QED) is 0.779. The number of carbonyl (C=O) groups is 1. The summed E-state index contributed by atoms with van der Waals surface area (Å²) in [4.78, 5) is 17.0. The molecule has 0 aliphatic carbocycles. The van der Waals surface area contributed by atoms with Gasteiger partial charge in [-0.1, -0.05) is 12.1 Å². The molecule has 0 spiro atoms. The molecule has 0 saturated carbocycles. The van der Waals surface area contributed by atoms with Gasteiger partial charge in [-0.05, 0) is 26.0 Å². The topological polar surface area (TPSA) is 39.2 Å². The number of aromatic nitrogens is 1. The lowest BCUT2D eigenvalue weighted by Gasteiger charge is -2.07. The molecule has 0 amide bonds. The molecule has 0 N–H and O–H groups in total. The van der Waals surface area contributed by atoms with E-state index in [4.69, 9.17) is 4.74 Å². The average Bonchev–Trinajstić information content (AvgIpc) is 2.76. The van der Waals surface area contributed by atoms with Crippen molar-refractivity contribution in [2.45, 2.75) is 13.8 Å². The van der Waals surface area contributed by atoms with Crippen LogP contribution in [0.4, 0.5) is 0 Å². The molecule has 0 fully saturated rings. The van der Waals surface area contributed by atoms with E-state index in [-0.39, 0.29) is 5.78 Å². The fraction of sp³-hybridized carbons (Fsp3) is 0.231. The second-order valence-electron chi connectivity index (χ2n) is 3.50. The molecule has 17 heavy (non-hydrogen) atoms. The zero-order chi connectivity index (χ0) is 12.3. The van der Waals surface area contributed by atoms with E-state index in [1.165, 1.54) is 11.3 Å². The van der Waals surface area contributed by atoms with Crippen LogP contribution in [0, 0.1) is 6.92 Å². The summed E-state index contributed by atoms with van der Waals surface area (Å²) in [6.07, 6.45) is 1.62. The Labute approximate surface area is 104 Å². The highest BCUT2D eigenvalue weighted by molar-refractivity contribution is 7.13. The van der Waals surface area contributed by atoms with Crippen molar-refractivity contribution in [3.8, 4) is 5.75 Å². The molecule has 88 valence electrons. The van der Waals surface area contributed by atoms with Crippen LogP contribution in [0.5, 0.6) is 5.75 Å². The smallest absolute Gasteiger partial charge is 0.208 e. The third-order valence-electron chi connectivity index (χ3n) is 2.28. The van der Waals surface area contributed by atoms with Crippen molar-refractivity contribution in [3.05, 3.63) is 45.9 Å². The van der Waals surface area contributed by atoms with Gasteiger partial charge in [-0.25, -0.2) is 4.98 Å². The Hall–Kier alpha value is -1.68. The number of aryl methyl sites for hydroxylation is 1. The number of ketones is 1. The van der Waals surface area contributed by atoms with Gasteiger partial charge in [0, 0.05) is 6.20 Å². The van der Waals surface area contributed by atoms with Gasteiger partial charge in [0.05, 0.1) is 22.1 Å². The predicted octanol–water partition coefficient (Wildman–Crippen LogP) is 3.08. The third-order valence-corrected chi connectivity index (χ3v) is 3.19. The summed E-state index contributed by atoms with van der Waals surface area (Å²) in [5, 5.41) is 0.891. The number of thiazole rings is 1. The summed E-state index contributed by atoms with van der Waals surface area (Å²) < 4.78 is 5.45. The second kappa shape index (κ2) is 5.10. The van der Waals surface area contributed by atoms with Gasteiger partial charge < -0.3 is 4.74 Å². The number of hydrogen-bond acceptors (Lipinski definition) is 4. The Kier molecular flexibility index (Phi) is 3.54. The maximum absolute atomic E-state index is 12.2. The number of rotatable bonds is 4. The van der Waals surface area contributed by atoms with Crippen molar-refractivity contribution in [2.75, 3.05) is 6.61 Å². The van der Waals surface area contributed by atoms with Crippen LogP contribution < -0.4 is 4.74 Å². The molecule has 0 bridgehead atoms. The number of carbonyl (C=O) groups excluding carboxylic acids is 1. The van der Waals surface area contributed by atoms with Crippen molar-refractivity contribution in [3.63, 3.8) is 0 Å². The van der Waals surface area contributed by atoms with Crippen LogP contribution in [0.2, 0.25) is 0 Å². The lowest BCUT2D eigenvalue weighted by atomic mass is 10.1. The molecule has 0 aliphatic rings. The first kappa shape index (κ1) is 11.8. The van der Waals surface area contributed by atoms with Gasteiger partial charge in [-0.2, -0.15) is 0 Å². The second-order valence-corrected chi connectivity index (χ2v) is 4.74. The Morgan fingerprint density at radius 3 is 2.82 bits per heavy atom.